The first kappa shape index (κ1) is 52.1. The van der Waals surface area contributed by atoms with E-state index in [9.17, 15) is 9.59 Å². The van der Waals surface area contributed by atoms with E-state index in [0.717, 1.165) is 19.3 Å². The lowest BCUT2D eigenvalue weighted by Crippen LogP contribution is -2.21. The molecule has 296 valence electrons. The van der Waals surface area contributed by atoms with Gasteiger partial charge in [0.05, 0.1) is 25.4 Å². The molecular weight excluding hydrogens is 620 g/mol. The monoisotopic (exact) mass is 705 g/mol. The van der Waals surface area contributed by atoms with Crippen LogP contribution in [0.15, 0.2) is 0 Å². The van der Waals surface area contributed by atoms with E-state index in [1.807, 2.05) is 13.8 Å². The van der Waals surface area contributed by atoms with Gasteiger partial charge in [0.15, 0.2) is 0 Å². The van der Waals surface area contributed by atoms with Gasteiger partial charge in [0.2, 0.25) is 0 Å². The summed E-state index contributed by atoms with van der Waals surface area (Å²) in [5.41, 5.74) is 0. The second-order valence-electron chi connectivity index (χ2n) is 14.1. The summed E-state index contributed by atoms with van der Waals surface area (Å²) < 4.78 is 9.97. The highest BCUT2D eigenvalue weighted by Crippen LogP contribution is 2.14. The molecule has 0 saturated carbocycles. The number of unbranched alkanes of at least 4 members (excludes halogenated alkanes) is 24. The van der Waals surface area contributed by atoms with Gasteiger partial charge in [0.25, 0.3) is 0 Å². The second-order valence-corrected chi connectivity index (χ2v) is 14.1. The Labute approximate surface area is 303 Å². The second kappa shape index (κ2) is 44.8. The van der Waals surface area contributed by atoms with E-state index in [2.05, 4.69) is 13.8 Å². The first-order valence-electron chi connectivity index (χ1n) is 20.6. The van der Waals surface area contributed by atoms with Crippen LogP contribution in [0.25, 0.3) is 0 Å². The maximum atomic E-state index is 11.4. The Balaban J connectivity index is -0.000000778. The van der Waals surface area contributed by atoms with Gasteiger partial charge in [-0.3, -0.25) is 9.59 Å². The van der Waals surface area contributed by atoms with Crippen molar-refractivity contribution in [1.82, 2.24) is 0 Å². The fraction of sp³-hybridized carbons (Fsp3) is 0.951. The zero-order valence-electron chi connectivity index (χ0n) is 33.1. The molecule has 2 atom stereocenters. The van der Waals surface area contributed by atoms with Crippen molar-refractivity contribution in [3.63, 3.8) is 0 Å². The number of hydrogen-bond donors (Lipinski definition) is 4. The largest absolute Gasteiger partial charge is 0.463 e. The van der Waals surface area contributed by atoms with Gasteiger partial charge >= 0.3 is 11.9 Å². The van der Waals surface area contributed by atoms with Crippen LogP contribution in [-0.2, 0) is 19.1 Å². The minimum Gasteiger partial charge on any atom is -0.463 e. The topological polar surface area (TPSA) is 134 Å². The molecule has 0 aromatic rings. The molecule has 0 amide bonds. The molecule has 0 aliphatic rings. The molecule has 0 aliphatic carbocycles. The summed E-state index contributed by atoms with van der Waals surface area (Å²) in [6.07, 6.45) is 33.5. The Kier molecular flexibility index (Phi) is 47.7. The van der Waals surface area contributed by atoms with Crippen LogP contribution in [-0.4, -0.2) is 70.5 Å². The molecule has 0 aliphatic heterocycles. The van der Waals surface area contributed by atoms with Crippen molar-refractivity contribution < 1.29 is 39.5 Å². The van der Waals surface area contributed by atoms with Gasteiger partial charge < -0.3 is 29.9 Å². The minimum absolute atomic E-state index is 0.0280. The van der Waals surface area contributed by atoms with E-state index < -0.39 is 12.2 Å². The summed E-state index contributed by atoms with van der Waals surface area (Å²) in [7, 11) is 0. The molecule has 0 bridgehead atoms. The molecule has 0 radical (unpaired) electrons. The fourth-order valence-corrected chi connectivity index (χ4v) is 5.21. The van der Waals surface area contributed by atoms with Crippen molar-refractivity contribution in [3.05, 3.63) is 0 Å². The fourth-order valence-electron chi connectivity index (χ4n) is 5.21. The Morgan fingerprint density at radius 3 is 1.02 bits per heavy atom. The van der Waals surface area contributed by atoms with Gasteiger partial charge in [0, 0.05) is 12.8 Å². The smallest absolute Gasteiger partial charge is 0.306 e. The lowest BCUT2D eigenvalue weighted by molar-refractivity contribution is -0.148. The van der Waals surface area contributed by atoms with Gasteiger partial charge in [-0.05, 0) is 33.6 Å². The first-order valence-corrected chi connectivity index (χ1v) is 20.6. The van der Waals surface area contributed by atoms with E-state index in [0.29, 0.717) is 12.8 Å². The molecule has 49 heavy (non-hydrogen) atoms. The summed E-state index contributed by atoms with van der Waals surface area (Å²) in [6, 6.07) is 0. The normalized spacial score (nSPS) is 12.0. The molecule has 0 fully saturated rings. The van der Waals surface area contributed by atoms with Crippen molar-refractivity contribution in [2.45, 2.75) is 233 Å². The molecule has 8 heteroatoms. The number of carbonyl (C=O) groups excluding carboxylic acids is 2. The lowest BCUT2D eigenvalue weighted by atomic mass is 10.0. The molecule has 8 nitrogen and oxygen atoms in total. The molecule has 0 rings (SSSR count). The van der Waals surface area contributed by atoms with Crippen molar-refractivity contribution in [2.24, 2.45) is 0 Å². The zero-order valence-corrected chi connectivity index (χ0v) is 33.1. The van der Waals surface area contributed by atoms with Crippen molar-refractivity contribution in [2.75, 3.05) is 19.8 Å². The maximum absolute atomic E-state index is 11.4. The van der Waals surface area contributed by atoms with Crippen molar-refractivity contribution in [3.8, 4) is 0 Å². The standard InChI is InChI=1S/C21H42O4.C17H34O2.C3H8O2/c1-2-3-4-5-6-7-8-9-10-11-12-13-14-15-16-17-21(24)25-19-20(23)18-22;1-4-5-6-7-8-9-10-11-12-13-14-15-17(18)19-16(2)3;1-3(5)2-4/h20,22-23H,2-19H2,1H3;16H,4-15H2,1-3H3;3-5H,2H2,1H3. The van der Waals surface area contributed by atoms with Crippen LogP contribution in [0.2, 0.25) is 0 Å². The maximum Gasteiger partial charge on any atom is 0.306 e. The van der Waals surface area contributed by atoms with Crippen LogP contribution in [0.4, 0.5) is 0 Å². The van der Waals surface area contributed by atoms with Gasteiger partial charge in [-0.15, -0.1) is 0 Å². The molecule has 2 unspecified atom stereocenters. The van der Waals surface area contributed by atoms with Gasteiger partial charge in [-0.2, -0.15) is 0 Å². The first-order chi connectivity index (χ1) is 23.6. The highest BCUT2D eigenvalue weighted by atomic mass is 16.5. The Morgan fingerprint density at radius 2 is 0.755 bits per heavy atom. The molecule has 0 aromatic heterocycles. The van der Waals surface area contributed by atoms with Crippen LogP contribution in [0.3, 0.4) is 0 Å². The average molecular weight is 705 g/mol. The van der Waals surface area contributed by atoms with E-state index >= 15 is 0 Å². The number of aliphatic hydroxyl groups is 4. The van der Waals surface area contributed by atoms with Crippen molar-refractivity contribution >= 4 is 11.9 Å². The average Bonchev–Trinajstić information content (AvgIpc) is 3.08. The van der Waals surface area contributed by atoms with Crippen LogP contribution < -0.4 is 0 Å². The van der Waals surface area contributed by atoms with Crippen LogP contribution >= 0.6 is 0 Å². The molecular formula is C41H84O8. The molecule has 0 aromatic carbocycles. The van der Waals surface area contributed by atoms with Gasteiger partial charge in [0.1, 0.15) is 12.7 Å². The number of carbonyl (C=O) groups is 2. The minimum atomic E-state index is -0.954. The van der Waals surface area contributed by atoms with Crippen LogP contribution in [0.1, 0.15) is 214 Å². The Morgan fingerprint density at radius 1 is 0.469 bits per heavy atom. The Hall–Kier alpha value is -1.22. The quantitative estimate of drug-likeness (QED) is 0.0392. The molecule has 4 N–H and O–H groups in total. The van der Waals surface area contributed by atoms with E-state index in [-0.39, 0.29) is 37.9 Å². The van der Waals surface area contributed by atoms with Crippen LogP contribution in [0, 0.1) is 0 Å². The third-order valence-electron chi connectivity index (χ3n) is 8.25. The molecule has 0 heterocycles. The summed E-state index contributed by atoms with van der Waals surface area (Å²) in [4.78, 5) is 22.7. The van der Waals surface area contributed by atoms with Crippen molar-refractivity contribution in [1.29, 1.82) is 0 Å². The Bertz CT molecular complexity index is 641. The SMILES string of the molecule is CC(O)CO.CCCCCCCCCCCCCC(=O)OC(C)C.CCCCCCCCCCCCCCCCCC(=O)OCC(O)CO. The summed E-state index contributed by atoms with van der Waals surface area (Å²) in [6.45, 7) is 9.25. The predicted octanol–water partition coefficient (Wildman–Crippen LogP) is 10.1. The van der Waals surface area contributed by atoms with Crippen LogP contribution in [0.5, 0.6) is 0 Å². The van der Waals surface area contributed by atoms with Gasteiger partial charge in [-0.1, -0.05) is 168 Å². The summed E-state index contributed by atoms with van der Waals surface area (Å²) in [5, 5.41) is 33.7. The highest BCUT2D eigenvalue weighted by Gasteiger charge is 2.07. The predicted molar refractivity (Wildman–Crippen MR) is 205 cm³/mol. The van der Waals surface area contributed by atoms with E-state index in [4.69, 9.17) is 29.9 Å². The number of ether oxygens (including phenoxy) is 2. The third kappa shape index (κ3) is 53.7. The highest BCUT2D eigenvalue weighted by molar-refractivity contribution is 5.69. The summed E-state index contributed by atoms with van der Waals surface area (Å²) in [5.74, 6) is -0.312. The number of rotatable bonds is 33. The third-order valence-corrected chi connectivity index (χ3v) is 8.25. The summed E-state index contributed by atoms with van der Waals surface area (Å²) >= 11 is 0. The lowest BCUT2D eigenvalue weighted by Gasteiger charge is -2.08. The molecule has 0 saturated heterocycles. The number of esters is 2. The zero-order chi connectivity index (χ0) is 37.2. The van der Waals surface area contributed by atoms with E-state index in [1.54, 1.807) is 0 Å². The number of hydrogen-bond acceptors (Lipinski definition) is 8. The van der Waals surface area contributed by atoms with E-state index in [1.165, 1.54) is 155 Å². The number of aliphatic hydroxyl groups excluding tert-OH is 4. The van der Waals surface area contributed by atoms with Gasteiger partial charge in [-0.25, -0.2) is 0 Å². The molecule has 0 spiro atoms.